The maximum absolute atomic E-state index is 11.9. The van der Waals surface area contributed by atoms with E-state index in [1.165, 1.54) is 30.3 Å². The van der Waals surface area contributed by atoms with E-state index in [0.29, 0.717) is 18.7 Å². The minimum atomic E-state index is -3.56. The lowest BCUT2D eigenvalue weighted by atomic mass is 10.2. The second-order valence-electron chi connectivity index (χ2n) is 4.67. The van der Waals surface area contributed by atoms with Crippen LogP contribution in [0.15, 0.2) is 41.8 Å². The number of hydrogen-bond acceptors (Lipinski definition) is 4. The van der Waals surface area contributed by atoms with Crippen molar-refractivity contribution < 1.29 is 13.2 Å². The Hall–Kier alpha value is -1.41. The van der Waals surface area contributed by atoms with Crippen molar-refractivity contribution in [2.24, 2.45) is 0 Å². The van der Waals surface area contributed by atoms with Crippen molar-refractivity contribution >= 4 is 28.3 Å². The second kappa shape index (κ2) is 11.2. The highest BCUT2D eigenvalue weighted by Crippen LogP contribution is 2.10. The summed E-state index contributed by atoms with van der Waals surface area (Å²) in [5.74, 6) is -0.221. The lowest BCUT2D eigenvalue weighted by Crippen LogP contribution is -2.32. The molecule has 0 aliphatic carbocycles. The first-order chi connectivity index (χ1) is 10.5. The molecule has 0 spiro atoms. The molecule has 0 radical (unpaired) electrons. The van der Waals surface area contributed by atoms with Gasteiger partial charge in [-0.2, -0.15) is 0 Å². The van der Waals surface area contributed by atoms with E-state index in [4.69, 9.17) is 0 Å². The third-order valence-corrected chi connectivity index (χ3v) is 4.30. The number of hydrogen-bond donors (Lipinski definition) is 3. The largest absolute Gasteiger partial charge is 0.351 e. The molecule has 1 rings (SSSR count). The zero-order valence-electron chi connectivity index (χ0n) is 13.2. The van der Waals surface area contributed by atoms with Crippen molar-refractivity contribution in [2.45, 2.75) is 18.2 Å². The smallest absolute Gasteiger partial charge is 0.251 e. The van der Waals surface area contributed by atoms with Crippen molar-refractivity contribution in [1.82, 2.24) is 15.4 Å². The highest BCUT2D eigenvalue weighted by Gasteiger charge is 2.13. The van der Waals surface area contributed by atoms with Gasteiger partial charge >= 0.3 is 0 Å². The van der Waals surface area contributed by atoms with Gasteiger partial charge in [-0.05, 0) is 37.2 Å². The van der Waals surface area contributed by atoms with Crippen LogP contribution in [0.4, 0.5) is 0 Å². The van der Waals surface area contributed by atoms with Crippen molar-refractivity contribution in [2.75, 3.05) is 26.2 Å². The molecule has 0 atom stereocenters. The molecule has 0 unspecified atom stereocenters. The fraction of sp³-hybridized carbons (Fsp3) is 0.400. The zero-order valence-corrected chi connectivity index (χ0v) is 14.8. The molecule has 1 aromatic rings. The summed E-state index contributed by atoms with van der Waals surface area (Å²) in [5.41, 5.74) is 0.429. The molecule has 0 bridgehead atoms. The van der Waals surface area contributed by atoms with Crippen LogP contribution in [0.1, 0.15) is 23.7 Å². The Morgan fingerprint density at radius 2 is 1.83 bits per heavy atom. The van der Waals surface area contributed by atoms with Crippen LogP contribution in [0, 0.1) is 0 Å². The summed E-state index contributed by atoms with van der Waals surface area (Å²) in [5, 5.41) is 5.95. The van der Waals surface area contributed by atoms with Crippen LogP contribution < -0.4 is 15.4 Å². The maximum atomic E-state index is 11.9. The monoisotopic (exact) mass is 361 g/mol. The van der Waals surface area contributed by atoms with Gasteiger partial charge in [-0.3, -0.25) is 4.79 Å². The molecule has 1 amide bonds. The van der Waals surface area contributed by atoms with Crippen LogP contribution in [0.2, 0.25) is 0 Å². The Morgan fingerprint density at radius 3 is 2.39 bits per heavy atom. The van der Waals surface area contributed by atoms with Gasteiger partial charge in [0.1, 0.15) is 0 Å². The number of benzene rings is 1. The Balaban J connectivity index is 0.00000484. The van der Waals surface area contributed by atoms with E-state index < -0.39 is 10.0 Å². The SMILES string of the molecule is C=CCNS(=O)(=O)c1ccc(C(=O)NCCNCCC)cc1.Cl. The van der Waals surface area contributed by atoms with E-state index >= 15 is 0 Å². The first-order valence-corrected chi connectivity index (χ1v) is 8.69. The number of nitrogens with one attached hydrogen (secondary N) is 3. The fourth-order valence-electron chi connectivity index (χ4n) is 1.71. The fourth-order valence-corrected chi connectivity index (χ4v) is 2.70. The lowest BCUT2D eigenvalue weighted by Gasteiger charge is -2.08. The molecule has 1 aromatic carbocycles. The van der Waals surface area contributed by atoms with Gasteiger partial charge in [0.05, 0.1) is 4.90 Å². The van der Waals surface area contributed by atoms with E-state index in [0.717, 1.165) is 13.0 Å². The lowest BCUT2D eigenvalue weighted by molar-refractivity contribution is 0.0954. The molecular weight excluding hydrogens is 338 g/mol. The first-order valence-electron chi connectivity index (χ1n) is 7.20. The standard InChI is InChI=1S/C15H23N3O3S.ClH/c1-3-9-16-11-12-17-15(19)13-5-7-14(8-6-13)22(20,21)18-10-4-2;/h4-8,16,18H,2-3,9-12H2,1H3,(H,17,19);1H. The average Bonchev–Trinajstić information content (AvgIpc) is 2.52. The topological polar surface area (TPSA) is 87.3 Å². The second-order valence-corrected chi connectivity index (χ2v) is 6.44. The Kier molecular flexibility index (Phi) is 10.5. The van der Waals surface area contributed by atoms with E-state index in [1.807, 2.05) is 0 Å². The molecule has 0 aromatic heterocycles. The zero-order chi connectivity index (χ0) is 16.4. The quantitative estimate of drug-likeness (QED) is 0.433. The highest BCUT2D eigenvalue weighted by molar-refractivity contribution is 7.89. The molecule has 6 nitrogen and oxygen atoms in total. The Morgan fingerprint density at radius 1 is 1.17 bits per heavy atom. The summed E-state index contributed by atoms with van der Waals surface area (Å²) in [6.07, 6.45) is 2.51. The van der Waals surface area contributed by atoms with Gasteiger partial charge in [0.25, 0.3) is 5.91 Å². The van der Waals surface area contributed by atoms with Gasteiger partial charge in [0.2, 0.25) is 10.0 Å². The number of sulfonamides is 1. The summed E-state index contributed by atoms with van der Waals surface area (Å²) in [4.78, 5) is 12.0. The van der Waals surface area contributed by atoms with Crippen LogP contribution >= 0.6 is 12.4 Å². The molecule has 3 N–H and O–H groups in total. The van der Waals surface area contributed by atoms with E-state index in [9.17, 15) is 13.2 Å². The maximum Gasteiger partial charge on any atom is 0.251 e. The summed E-state index contributed by atoms with van der Waals surface area (Å²) in [6, 6.07) is 5.82. The number of halogens is 1. The number of carbonyl (C=O) groups excluding carboxylic acids is 1. The van der Waals surface area contributed by atoms with E-state index in [2.05, 4.69) is 28.9 Å². The Bertz CT molecular complexity index is 588. The summed E-state index contributed by atoms with van der Waals surface area (Å²) in [6.45, 7) is 7.84. The Labute approximate surface area is 144 Å². The minimum Gasteiger partial charge on any atom is -0.351 e. The highest BCUT2D eigenvalue weighted by atomic mass is 35.5. The van der Waals surface area contributed by atoms with Crippen molar-refractivity contribution in [3.63, 3.8) is 0 Å². The van der Waals surface area contributed by atoms with Gasteiger partial charge in [-0.15, -0.1) is 19.0 Å². The predicted molar refractivity (Wildman–Crippen MR) is 94.6 cm³/mol. The van der Waals surface area contributed by atoms with Gasteiger partial charge in [0.15, 0.2) is 0 Å². The van der Waals surface area contributed by atoms with Crippen molar-refractivity contribution in [3.05, 3.63) is 42.5 Å². The summed E-state index contributed by atoms with van der Waals surface area (Å²) in [7, 11) is -3.56. The predicted octanol–water partition coefficient (Wildman–Crippen LogP) is 1.30. The molecular formula is C15H24ClN3O3S. The molecule has 0 aliphatic rings. The normalized spacial score (nSPS) is 10.7. The molecule has 23 heavy (non-hydrogen) atoms. The molecule has 8 heteroatoms. The van der Waals surface area contributed by atoms with E-state index in [1.54, 1.807) is 0 Å². The van der Waals surface area contributed by atoms with E-state index in [-0.39, 0.29) is 29.8 Å². The van der Waals surface area contributed by atoms with Crippen LogP contribution in [-0.4, -0.2) is 40.5 Å². The summed E-state index contributed by atoms with van der Waals surface area (Å²) < 4.78 is 26.1. The van der Waals surface area contributed by atoms with Gasteiger partial charge < -0.3 is 10.6 Å². The molecule has 130 valence electrons. The molecule has 0 saturated heterocycles. The first kappa shape index (κ1) is 21.6. The molecule has 0 saturated carbocycles. The van der Waals surface area contributed by atoms with Gasteiger partial charge in [-0.25, -0.2) is 13.1 Å². The third kappa shape index (κ3) is 7.60. The number of carbonyl (C=O) groups is 1. The molecule has 0 fully saturated rings. The van der Waals surface area contributed by atoms with Crippen LogP contribution in [0.3, 0.4) is 0 Å². The molecule has 0 heterocycles. The molecule has 0 aliphatic heterocycles. The third-order valence-electron chi connectivity index (χ3n) is 2.86. The van der Waals surface area contributed by atoms with Gasteiger partial charge in [0, 0.05) is 25.2 Å². The van der Waals surface area contributed by atoms with Crippen molar-refractivity contribution in [1.29, 1.82) is 0 Å². The van der Waals surface area contributed by atoms with Gasteiger partial charge in [-0.1, -0.05) is 13.0 Å². The van der Waals surface area contributed by atoms with Crippen LogP contribution in [0.25, 0.3) is 0 Å². The van der Waals surface area contributed by atoms with Crippen molar-refractivity contribution in [3.8, 4) is 0 Å². The summed E-state index contributed by atoms with van der Waals surface area (Å²) >= 11 is 0. The number of amides is 1. The van der Waals surface area contributed by atoms with Crippen LogP contribution in [0.5, 0.6) is 0 Å². The average molecular weight is 362 g/mol. The minimum absolute atomic E-state index is 0. The van der Waals surface area contributed by atoms with Crippen LogP contribution in [-0.2, 0) is 10.0 Å². The number of rotatable bonds is 10.